The number of nitrogens with one attached hydrogen (secondary N) is 5. The van der Waals surface area contributed by atoms with Gasteiger partial charge < -0.3 is 10.3 Å². The van der Waals surface area contributed by atoms with Crippen molar-refractivity contribution in [3.8, 4) is 0 Å². The molecule has 0 fully saturated rings. The van der Waals surface area contributed by atoms with Gasteiger partial charge in [-0.25, -0.2) is 0 Å². The lowest BCUT2D eigenvalue weighted by molar-refractivity contribution is -0.141. The first-order valence-corrected chi connectivity index (χ1v) is 11.1. The molecule has 1 aliphatic heterocycles. The quantitative estimate of drug-likeness (QED) is 0.291. The highest BCUT2D eigenvalue weighted by atomic mass is 19.4. The van der Waals surface area contributed by atoms with Gasteiger partial charge in [-0.3, -0.25) is 20.3 Å². The van der Waals surface area contributed by atoms with Gasteiger partial charge in [-0.1, -0.05) is 0 Å². The lowest BCUT2D eigenvalue weighted by Gasteiger charge is -2.35. The molecule has 1 aliphatic carbocycles. The van der Waals surface area contributed by atoms with Gasteiger partial charge in [0.25, 0.3) is 5.91 Å². The molecule has 0 bridgehead atoms. The zero-order chi connectivity index (χ0) is 24.3. The monoisotopic (exact) mass is 483 g/mol. The summed E-state index contributed by atoms with van der Waals surface area (Å²) in [6.45, 7) is 1.71. The number of aryl methyl sites for hydroxylation is 1. The molecule has 1 amide bonds. The molecule has 10 nitrogen and oxygen atoms in total. The highest BCUT2D eigenvalue weighted by Gasteiger charge is 2.41. The van der Waals surface area contributed by atoms with Gasteiger partial charge in [0.1, 0.15) is 5.82 Å². The lowest BCUT2D eigenvalue weighted by Crippen LogP contribution is -2.24. The Morgan fingerprint density at radius 3 is 2.74 bits per heavy atom. The Morgan fingerprint density at radius 1 is 1.14 bits per heavy atom. The minimum Gasteiger partial charge on any atom is -0.374 e. The van der Waals surface area contributed by atoms with Gasteiger partial charge in [-0.15, -0.1) is 10.2 Å². The molecule has 5 N–H and O–H groups in total. The third-order valence-corrected chi connectivity index (χ3v) is 6.49. The van der Waals surface area contributed by atoms with Gasteiger partial charge >= 0.3 is 6.18 Å². The predicted molar refractivity (Wildman–Crippen MR) is 121 cm³/mol. The number of nitrogens with zero attached hydrogens (tertiary/aromatic N) is 4. The number of aromatic nitrogens is 7. The highest BCUT2D eigenvalue weighted by molar-refractivity contribution is 6.15. The number of aromatic amines is 3. The van der Waals surface area contributed by atoms with Crippen LogP contribution in [0.15, 0.2) is 23.9 Å². The molecule has 2 aliphatic rings. The summed E-state index contributed by atoms with van der Waals surface area (Å²) in [6.07, 6.45) is -0.181. The SMILES string of the molecule is Cc1nnc(NC(=O)c2n[nH]c3ccc4c(c23)C2=C(CCCC2)C(c2c[nH]nc2C(F)(F)F)N4)[nH]1. The summed E-state index contributed by atoms with van der Waals surface area (Å²) in [4.78, 5) is 15.9. The minimum absolute atomic E-state index is 0.0588. The number of halogens is 3. The van der Waals surface area contributed by atoms with Gasteiger partial charge in [-0.05, 0) is 55.9 Å². The standard InChI is InChI=1S/C22H20F3N9O/c1-9-27-21(34-30-9)29-20(35)18-16-14(31-32-18)7-6-13-15(16)10-4-2-3-5-11(10)17(28-13)12-8-26-33-19(12)22(23,24)25/h6-8,17,28H,2-5H2,1H3,(H,26,33)(H,31,32)(H2,27,29,30,34,35). The molecule has 0 saturated heterocycles. The van der Waals surface area contributed by atoms with E-state index in [1.54, 1.807) is 19.1 Å². The second-order valence-electron chi connectivity index (χ2n) is 8.67. The van der Waals surface area contributed by atoms with Crippen molar-refractivity contribution >= 4 is 34.0 Å². The first-order chi connectivity index (χ1) is 16.8. The van der Waals surface area contributed by atoms with Crippen LogP contribution in [-0.4, -0.2) is 41.5 Å². The van der Waals surface area contributed by atoms with Crippen LogP contribution in [0.25, 0.3) is 16.5 Å². The van der Waals surface area contributed by atoms with Crippen LogP contribution in [0.1, 0.15) is 64.9 Å². The summed E-state index contributed by atoms with van der Waals surface area (Å²) in [6, 6.07) is 2.89. The molecule has 35 heavy (non-hydrogen) atoms. The summed E-state index contributed by atoms with van der Waals surface area (Å²) in [5, 5.41) is 27.3. The maximum atomic E-state index is 13.7. The number of hydrogen-bond acceptors (Lipinski definition) is 6. The van der Waals surface area contributed by atoms with Crippen molar-refractivity contribution in [3.05, 3.63) is 52.2 Å². The Labute approximate surface area is 195 Å². The van der Waals surface area contributed by atoms with E-state index in [0.29, 0.717) is 35.3 Å². The van der Waals surface area contributed by atoms with E-state index in [1.165, 1.54) is 6.20 Å². The molecule has 0 radical (unpaired) electrons. The summed E-state index contributed by atoms with van der Waals surface area (Å²) < 4.78 is 41.0. The highest BCUT2D eigenvalue weighted by Crippen LogP contribution is 2.50. The number of rotatable bonds is 3. The largest absolute Gasteiger partial charge is 0.435 e. The summed E-state index contributed by atoms with van der Waals surface area (Å²) in [5.41, 5.74) is 3.21. The van der Waals surface area contributed by atoms with E-state index in [4.69, 9.17) is 0 Å². The molecular weight excluding hydrogens is 463 g/mol. The van der Waals surface area contributed by atoms with E-state index in [0.717, 1.165) is 29.6 Å². The third-order valence-electron chi connectivity index (χ3n) is 6.49. The van der Waals surface area contributed by atoms with Crippen LogP contribution in [0.5, 0.6) is 0 Å². The van der Waals surface area contributed by atoms with Crippen LogP contribution in [0.2, 0.25) is 0 Å². The molecular formula is C22H20F3N9O. The summed E-state index contributed by atoms with van der Waals surface area (Å²) in [5.74, 6) is 0.271. The molecule has 180 valence electrons. The van der Waals surface area contributed by atoms with Crippen molar-refractivity contribution in [2.24, 2.45) is 0 Å². The van der Waals surface area contributed by atoms with E-state index in [9.17, 15) is 18.0 Å². The average molecular weight is 483 g/mol. The average Bonchev–Trinajstić information content (AvgIpc) is 3.57. The van der Waals surface area contributed by atoms with Crippen LogP contribution in [0.4, 0.5) is 24.8 Å². The van der Waals surface area contributed by atoms with E-state index in [-0.39, 0.29) is 17.2 Å². The second kappa shape index (κ2) is 7.68. The van der Waals surface area contributed by atoms with E-state index >= 15 is 0 Å². The van der Waals surface area contributed by atoms with E-state index < -0.39 is 23.8 Å². The number of fused-ring (bicyclic) bond motifs is 4. The van der Waals surface area contributed by atoms with Crippen molar-refractivity contribution in [2.75, 3.05) is 10.6 Å². The maximum Gasteiger partial charge on any atom is 0.435 e. The van der Waals surface area contributed by atoms with Crippen molar-refractivity contribution in [1.29, 1.82) is 0 Å². The van der Waals surface area contributed by atoms with Crippen molar-refractivity contribution in [1.82, 2.24) is 35.6 Å². The number of hydrogen-bond donors (Lipinski definition) is 5. The Hall–Kier alpha value is -4.16. The molecule has 0 spiro atoms. The van der Waals surface area contributed by atoms with Gasteiger partial charge in [0, 0.05) is 28.4 Å². The van der Waals surface area contributed by atoms with Crippen LogP contribution in [-0.2, 0) is 6.18 Å². The summed E-state index contributed by atoms with van der Waals surface area (Å²) in [7, 11) is 0. The first kappa shape index (κ1) is 21.4. The Morgan fingerprint density at radius 2 is 1.97 bits per heavy atom. The Balaban J connectivity index is 1.49. The molecule has 1 unspecified atom stereocenters. The van der Waals surface area contributed by atoms with Crippen LogP contribution in [0, 0.1) is 6.92 Å². The number of anilines is 2. The van der Waals surface area contributed by atoms with Crippen molar-refractivity contribution in [3.63, 3.8) is 0 Å². The van der Waals surface area contributed by atoms with Gasteiger partial charge in [0.2, 0.25) is 5.95 Å². The number of H-pyrrole nitrogens is 3. The maximum absolute atomic E-state index is 13.7. The number of benzene rings is 1. The third kappa shape index (κ3) is 3.45. The molecule has 1 aromatic carbocycles. The van der Waals surface area contributed by atoms with Crippen LogP contribution in [0.3, 0.4) is 0 Å². The van der Waals surface area contributed by atoms with E-state index in [2.05, 4.69) is 46.2 Å². The van der Waals surface area contributed by atoms with Gasteiger partial charge in [0.05, 0.1) is 11.6 Å². The van der Waals surface area contributed by atoms with Gasteiger partial charge in [0.15, 0.2) is 11.4 Å². The van der Waals surface area contributed by atoms with Crippen molar-refractivity contribution in [2.45, 2.75) is 44.8 Å². The topological polar surface area (TPSA) is 140 Å². The van der Waals surface area contributed by atoms with Gasteiger partial charge in [-0.2, -0.15) is 23.4 Å². The van der Waals surface area contributed by atoms with Crippen LogP contribution >= 0.6 is 0 Å². The molecule has 4 aromatic rings. The molecule has 13 heteroatoms. The van der Waals surface area contributed by atoms with Crippen LogP contribution < -0.4 is 10.6 Å². The Bertz CT molecular complexity index is 1490. The zero-order valence-electron chi connectivity index (χ0n) is 18.5. The minimum atomic E-state index is -4.58. The Kier molecular flexibility index (Phi) is 4.69. The molecule has 4 heterocycles. The fraction of sp³-hybridized carbons (Fsp3) is 0.318. The first-order valence-electron chi connectivity index (χ1n) is 11.1. The normalized spacial score (nSPS) is 17.8. The predicted octanol–water partition coefficient (Wildman–Crippen LogP) is 4.48. The smallest absolute Gasteiger partial charge is 0.374 e. The molecule has 1 atom stereocenters. The lowest BCUT2D eigenvalue weighted by atomic mass is 9.77. The molecule has 3 aromatic heterocycles. The second-order valence-corrected chi connectivity index (χ2v) is 8.67. The summed E-state index contributed by atoms with van der Waals surface area (Å²) >= 11 is 0. The van der Waals surface area contributed by atoms with Crippen molar-refractivity contribution < 1.29 is 18.0 Å². The number of carbonyl (C=O) groups is 1. The number of allylic oxidation sites excluding steroid dienone is 1. The number of carbonyl (C=O) groups excluding carboxylic acids is 1. The fourth-order valence-corrected chi connectivity index (χ4v) is 5.07. The number of amides is 1. The van der Waals surface area contributed by atoms with E-state index in [1.807, 2.05) is 0 Å². The fourth-order valence-electron chi connectivity index (χ4n) is 5.07. The number of alkyl halides is 3. The zero-order valence-corrected chi connectivity index (χ0v) is 18.5. The molecule has 0 saturated carbocycles. The molecule has 6 rings (SSSR count).